The van der Waals surface area contributed by atoms with Gasteiger partial charge in [-0.15, -0.1) is 0 Å². The molecule has 3 heterocycles. The van der Waals surface area contributed by atoms with Crippen molar-refractivity contribution in [1.29, 1.82) is 0 Å². The smallest absolute Gasteiger partial charge is 0.154 e. The highest BCUT2D eigenvalue weighted by molar-refractivity contribution is 7.92. The second-order valence-electron chi connectivity index (χ2n) is 4.50. The third kappa shape index (κ3) is 1.96. The van der Waals surface area contributed by atoms with Gasteiger partial charge in [-0.2, -0.15) is 0 Å². The third-order valence-corrected chi connectivity index (χ3v) is 5.62. The summed E-state index contributed by atoms with van der Waals surface area (Å²) in [5.74, 6) is 0.992. The number of aromatic nitrogens is 1. The van der Waals surface area contributed by atoms with Crippen LogP contribution in [0.5, 0.6) is 0 Å². The SMILES string of the molecule is O=S1(=O)CCCC1CNc1nccc2occc12. The first kappa shape index (κ1) is 11.5. The van der Waals surface area contributed by atoms with Crippen LogP contribution >= 0.6 is 0 Å². The fourth-order valence-electron chi connectivity index (χ4n) is 2.33. The molecule has 3 rings (SSSR count). The molecule has 0 amide bonds. The molecule has 0 saturated carbocycles. The summed E-state index contributed by atoms with van der Waals surface area (Å²) in [4.78, 5) is 4.22. The number of hydrogen-bond acceptors (Lipinski definition) is 5. The highest BCUT2D eigenvalue weighted by atomic mass is 32.2. The Labute approximate surface area is 105 Å². The minimum Gasteiger partial charge on any atom is -0.464 e. The molecule has 1 N–H and O–H groups in total. The maximum atomic E-state index is 11.7. The summed E-state index contributed by atoms with van der Waals surface area (Å²) in [5, 5.41) is 3.71. The molecule has 2 aromatic heterocycles. The van der Waals surface area contributed by atoms with E-state index >= 15 is 0 Å². The number of furan rings is 1. The van der Waals surface area contributed by atoms with E-state index < -0.39 is 9.84 Å². The fourth-order valence-corrected chi connectivity index (χ4v) is 4.10. The first-order chi connectivity index (χ1) is 8.67. The van der Waals surface area contributed by atoms with Crippen molar-refractivity contribution >= 4 is 26.6 Å². The van der Waals surface area contributed by atoms with E-state index in [-0.39, 0.29) is 5.25 Å². The lowest BCUT2D eigenvalue weighted by molar-refractivity contribution is 0.591. The number of pyridine rings is 1. The Morgan fingerprint density at radius 2 is 2.33 bits per heavy atom. The topological polar surface area (TPSA) is 72.2 Å². The average Bonchev–Trinajstić information content (AvgIpc) is 2.92. The summed E-state index contributed by atoms with van der Waals surface area (Å²) >= 11 is 0. The van der Waals surface area contributed by atoms with Crippen molar-refractivity contribution in [3.05, 3.63) is 24.6 Å². The Kier molecular flexibility index (Phi) is 2.74. The van der Waals surface area contributed by atoms with Gasteiger partial charge >= 0.3 is 0 Å². The molecule has 0 bridgehead atoms. The Hall–Kier alpha value is -1.56. The van der Waals surface area contributed by atoms with Crippen LogP contribution in [0.2, 0.25) is 0 Å². The molecular formula is C12H14N2O3S. The first-order valence-electron chi connectivity index (χ1n) is 5.94. The number of fused-ring (bicyclic) bond motifs is 1. The zero-order chi connectivity index (χ0) is 12.6. The van der Waals surface area contributed by atoms with E-state index in [0.29, 0.717) is 18.1 Å². The molecule has 0 spiro atoms. The van der Waals surface area contributed by atoms with Crippen molar-refractivity contribution in [2.45, 2.75) is 18.1 Å². The molecule has 5 nitrogen and oxygen atoms in total. The largest absolute Gasteiger partial charge is 0.464 e. The van der Waals surface area contributed by atoms with Gasteiger partial charge in [-0.05, 0) is 25.0 Å². The van der Waals surface area contributed by atoms with Crippen LogP contribution in [0.3, 0.4) is 0 Å². The summed E-state index contributed by atoms with van der Waals surface area (Å²) in [5.41, 5.74) is 0.752. The predicted octanol–water partition coefficient (Wildman–Crippen LogP) is 1.82. The first-order valence-corrected chi connectivity index (χ1v) is 7.66. The lowest BCUT2D eigenvalue weighted by Gasteiger charge is -2.11. The summed E-state index contributed by atoms with van der Waals surface area (Å²) in [6, 6.07) is 3.61. The number of nitrogens with one attached hydrogen (secondary N) is 1. The van der Waals surface area contributed by atoms with E-state index in [1.807, 2.05) is 6.07 Å². The van der Waals surface area contributed by atoms with E-state index in [2.05, 4.69) is 10.3 Å². The van der Waals surface area contributed by atoms with Crippen LogP contribution in [0.1, 0.15) is 12.8 Å². The predicted molar refractivity (Wildman–Crippen MR) is 69.3 cm³/mol. The van der Waals surface area contributed by atoms with Crippen LogP contribution in [0, 0.1) is 0 Å². The van der Waals surface area contributed by atoms with Crippen molar-refractivity contribution in [3.63, 3.8) is 0 Å². The molecule has 18 heavy (non-hydrogen) atoms. The van der Waals surface area contributed by atoms with Gasteiger partial charge in [0.25, 0.3) is 0 Å². The van der Waals surface area contributed by atoms with Gasteiger partial charge in [0, 0.05) is 12.7 Å². The molecule has 0 aliphatic carbocycles. The lowest BCUT2D eigenvalue weighted by Crippen LogP contribution is -2.25. The number of sulfone groups is 1. The highest BCUT2D eigenvalue weighted by Gasteiger charge is 2.30. The molecule has 1 atom stereocenters. The van der Waals surface area contributed by atoms with Gasteiger partial charge in [0.15, 0.2) is 9.84 Å². The van der Waals surface area contributed by atoms with Gasteiger partial charge in [-0.3, -0.25) is 0 Å². The average molecular weight is 266 g/mol. The zero-order valence-electron chi connectivity index (χ0n) is 9.80. The molecule has 1 aliphatic rings. The number of rotatable bonds is 3. The third-order valence-electron chi connectivity index (χ3n) is 3.34. The molecule has 1 saturated heterocycles. The summed E-state index contributed by atoms with van der Waals surface area (Å²) < 4.78 is 28.7. The van der Waals surface area contributed by atoms with E-state index in [1.165, 1.54) is 0 Å². The van der Waals surface area contributed by atoms with Gasteiger partial charge in [0.05, 0.1) is 22.7 Å². The van der Waals surface area contributed by atoms with Gasteiger partial charge < -0.3 is 9.73 Å². The molecule has 1 aliphatic heterocycles. The molecule has 6 heteroatoms. The number of anilines is 1. The fraction of sp³-hybridized carbons (Fsp3) is 0.417. The molecule has 0 aromatic carbocycles. The van der Waals surface area contributed by atoms with E-state index in [9.17, 15) is 8.42 Å². The molecule has 96 valence electrons. The number of nitrogens with zero attached hydrogens (tertiary/aromatic N) is 1. The Bertz CT molecular complexity index is 663. The van der Waals surface area contributed by atoms with Crippen LogP contribution in [-0.2, 0) is 9.84 Å². The van der Waals surface area contributed by atoms with Crippen LogP contribution in [-0.4, -0.2) is 30.9 Å². The van der Waals surface area contributed by atoms with Crippen molar-refractivity contribution in [1.82, 2.24) is 4.98 Å². The summed E-state index contributed by atoms with van der Waals surface area (Å²) in [6.45, 7) is 0.416. The minimum atomic E-state index is -2.91. The molecule has 1 fully saturated rings. The van der Waals surface area contributed by atoms with Crippen LogP contribution in [0.25, 0.3) is 11.0 Å². The second kappa shape index (κ2) is 4.28. The highest BCUT2D eigenvalue weighted by Crippen LogP contribution is 2.24. The summed E-state index contributed by atoms with van der Waals surface area (Å²) in [7, 11) is -2.91. The normalized spacial score (nSPS) is 22.3. The van der Waals surface area contributed by atoms with E-state index in [0.717, 1.165) is 23.8 Å². The van der Waals surface area contributed by atoms with Crippen LogP contribution in [0.4, 0.5) is 5.82 Å². The maximum absolute atomic E-state index is 11.7. The molecular weight excluding hydrogens is 252 g/mol. The van der Waals surface area contributed by atoms with Crippen LogP contribution in [0.15, 0.2) is 29.0 Å². The van der Waals surface area contributed by atoms with Gasteiger partial charge in [0.1, 0.15) is 11.4 Å². The van der Waals surface area contributed by atoms with Crippen molar-refractivity contribution in [3.8, 4) is 0 Å². The molecule has 0 radical (unpaired) electrons. The molecule has 1 unspecified atom stereocenters. The second-order valence-corrected chi connectivity index (χ2v) is 6.90. The van der Waals surface area contributed by atoms with Gasteiger partial charge in [-0.25, -0.2) is 13.4 Å². The Morgan fingerprint density at radius 1 is 1.44 bits per heavy atom. The lowest BCUT2D eigenvalue weighted by atomic mass is 10.2. The maximum Gasteiger partial charge on any atom is 0.154 e. The van der Waals surface area contributed by atoms with E-state index in [4.69, 9.17) is 4.42 Å². The monoisotopic (exact) mass is 266 g/mol. The quantitative estimate of drug-likeness (QED) is 0.917. The summed E-state index contributed by atoms with van der Waals surface area (Å²) in [6.07, 6.45) is 4.75. The minimum absolute atomic E-state index is 0.290. The van der Waals surface area contributed by atoms with Crippen LogP contribution < -0.4 is 5.32 Å². The zero-order valence-corrected chi connectivity index (χ0v) is 10.6. The van der Waals surface area contributed by atoms with Gasteiger partial charge in [0.2, 0.25) is 0 Å². The van der Waals surface area contributed by atoms with Crippen molar-refractivity contribution in [2.75, 3.05) is 17.6 Å². The van der Waals surface area contributed by atoms with E-state index in [1.54, 1.807) is 18.5 Å². The molecule has 2 aromatic rings. The standard InChI is InChI=1S/C12H14N2O3S/c15-18(16)7-1-2-9(18)8-14-12-10-4-6-17-11(10)3-5-13-12/h3-6,9H,1-2,7-8H2,(H,13,14). The van der Waals surface area contributed by atoms with Gasteiger partial charge in [-0.1, -0.05) is 0 Å². The van der Waals surface area contributed by atoms with Crippen molar-refractivity contribution < 1.29 is 12.8 Å². The Morgan fingerprint density at radius 3 is 3.11 bits per heavy atom. The van der Waals surface area contributed by atoms with Crippen molar-refractivity contribution in [2.24, 2.45) is 0 Å². The number of hydrogen-bond donors (Lipinski definition) is 1. The Balaban J connectivity index is 1.79.